The van der Waals surface area contributed by atoms with Crippen molar-refractivity contribution in [3.05, 3.63) is 32.0 Å². The standard InChI is InChI=1S/C12H13N5O5S2.Na/c1-16-12(14-7(18)8(19)15-16)24-3-4-2-23-10-5(13)9(20)17(10)6(4)11(21)22;/h5,10H,2-3,13H2,1H3,(H,15,19)(H,21,22);/q;+1/p-1/t5?,10-;/m1./s1. The molecule has 0 aliphatic carbocycles. The summed E-state index contributed by atoms with van der Waals surface area (Å²) in [6.45, 7) is 0. The van der Waals surface area contributed by atoms with Crippen LogP contribution in [0.2, 0.25) is 0 Å². The second-order valence-electron chi connectivity index (χ2n) is 5.16. The second kappa shape index (κ2) is 7.68. The van der Waals surface area contributed by atoms with Crippen LogP contribution in [0.15, 0.2) is 26.0 Å². The fourth-order valence-corrected chi connectivity index (χ4v) is 4.77. The monoisotopic (exact) mass is 393 g/mol. The van der Waals surface area contributed by atoms with Crippen molar-refractivity contribution >= 4 is 35.4 Å². The number of hydrogen-bond acceptors (Lipinski definition) is 9. The number of nitrogens with two attached hydrogens (primary N) is 1. The number of nitrogens with one attached hydrogen (secondary N) is 1. The first kappa shape index (κ1) is 20.3. The Bertz CT molecular complexity index is 881. The van der Waals surface area contributed by atoms with Gasteiger partial charge in [-0.15, -0.1) is 11.8 Å². The summed E-state index contributed by atoms with van der Waals surface area (Å²) in [5, 5.41) is 13.6. The van der Waals surface area contributed by atoms with Crippen molar-refractivity contribution < 1.29 is 44.3 Å². The number of carboxylic acids is 1. The largest absolute Gasteiger partial charge is 1.00 e. The van der Waals surface area contributed by atoms with Gasteiger partial charge in [0, 0.05) is 18.6 Å². The zero-order chi connectivity index (χ0) is 17.6. The molecule has 1 fully saturated rings. The van der Waals surface area contributed by atoms with Crippen LogP contribution in [0.4, 0.5) is 0 Å². The molecule has 0 radical (unpaired) electrons. The number of carboxylic acid groups (broad SMARTS) is 1. The molecular formula is C12H12N5NaO5S2. The van der Waals surface area contributed by atoms with E-state index in [0.29, 0.717) is 11.3 Å². The van der Waals surface area contributed by atoms with Crippen LogP contribution in [-0.4, -0.2) is 54.5 Å². The number of carbonyl (C=O) groups is 2. The number of thioether (sulfide) groups is 2. The maximum atomic E-state index is 11.8. The van der Waals surface area contributed by atoms with Crippen molar-refractivity contribution in [1.29, 1.82) is 0 Å². The molecule has 0 aromatic carbocycles. The SMILES string of the molecule is Cn1[nH]c(=O)c(=O)nc1SCC1=C(C(=O)[O-])N2C(=O)C(N)[C@H]2SC1.[Na+]. The minimum Gasteiger partial charge on any atom is -0.543 e. The van der Waals surface area contributed by atoms with E-state index >= 15 is 0 Å². The van der Waals surface area contributed by atoms with Gasteiger partial charge in [-0.05, 0) is 5.57 Å². The number of aliphatic carboxylic acids is 1. The van der Waals surface area contributed by atoms with E-state index in [0.717, 1.165) is 16.7 Å². The summed E-state index contributed by atoms with van der Waals surface area (Å²) < 4.78 is 1.27. The summed E-state index contributed by atoms with van der Waals surface area (Å²) in [4.78, 5) is 50.6. The van der Waals surface area contributed by atoms with Gasteiger partial charge in [-0.2, -0.15) is 4.98 Å². The first-order valence-corrected chi connectivity index (χ1v) is 8.78. The van der Waals surface area contributed by atoms with Crippen LogP contribution in [0.5, 0.6) is 0 Å². The third-order valence-electron chi connectivity index (χ3n) is 3.60. The number of rotatable bonds is 4. The van der Waals surface area contributed by atoms with Crippen LogP contribution in [0.3, 0.4) is 0 Å². The van der Waals surface area contributed by atoms with Crippen LogP contribution in [0, 0.1) is 0 Å². The van der Waals surface area contributed by atoms with E-state index in [4.69, 9.17) is 5.73 Å². The van der Waals surface area contributed by atoms with Crippen LogP contribution >= 0.6 is 23.5 Å². The van der Waals surface area contributed by atoms with Crippen LogP contribution in [-0.2, 0) is 16.6 Å². The second-order valence-corrected chi connectivity index (χ2v) is 7.21. The van der Waals surface area contributed by atoms with E-state index < -0.39 is 34.4 Å². The maximum absolute atomic E-state index is 11.8. The zero-order valence-corrected chi connectivity index (χ0v) is 17.0. The molecule has 2 aliphatic rings. The summed E-state index contributed by atoms with van der Waals surface area (Å²) >= 11 is 2.45. The molecule has 0 spiro atoms. The summed E-state index contributed by atoms with van der Waals surface area (Å²) in [7, 11) is 1.51. The molecule has 1 saturated heterocycles. The van der Waals surface area contributed by atoms with Crippen LogP contribution in [0.25, 0.3) is 0 Å². The average molecular weight is 393 g/mol. The Morgan fingerprint density at radius 3 is 2.80 bits per heavy atom. The molecule has 3 heterocycles. The number of amides is 1. The van der Waals surface area contributed by atoms with Crippen LogP contribution < -0.4 is 51.5 Å². The molecule has 1 aromatic rings. The Morgan fingerprint density at radius 1 is 1.48 bits per heavy atom. The number of carbonyl (C=O) groups excluding carboxylic acids is 2. The third-order valence-corrected chi connectivity index (χ3v) is 6.08. The van der Waals surface area contributed by atoms with Crippen molar-refractivity contribution in [2.45, 2.75) is 16.6 Å². The molecule has 128 valence electrons. The Labute approximate surface area is 171 Å². The molecule has 3 rings (SSSR count). The fourth-order valence-electron chi connectivity index (χ4n) is 2.42. The van der Waals surface area contributed by atoms with E-state index in [1.54, 1.807) is 0 Å². The molecule has 25 heavy (non-hydrogen) atoms. The van der Waals surface area contributed by atoms with Crippen LogP contribution in [0.1, 0.15) is 0 Å². The molecule has 2 atom stereocenters. The van der Waals surface area contributed by atoms with Crippen molar-refractivity contribution in [2.24, 2.45) is 12.8 Å². The number of hydrogen-bond donors (Lipinski definition) is 2. The van der Waals surface area contributed by atoms with E-state index in [2.05, 4.69) is 10.1 Å². The van der Waals surface area contributed by atoms with Gasteiger partial charge in [0.1, 0.15) is 11.4 Å². The van der Waals surface area contributed by atoms with E-state index in [1.807, 2.05) is 0 Å². The van der Waals surface area contributed by atoms with Gasteiger partial charge < -0.3 is 15.6 Å². The smallest absolute Gasteiger partial charge is 0.543 e. The molecular weight excluding hydrogens is 381 g/mol. The minimum atomic E-state index is -1.44. The molecule has 3 N–H and O–H groups in total. The molecule has 2 aliphatic heterocycles. The van der Waals surface area contributed by atoms with Gasteiger partial charge in [0.15, 0.2) is 5.16 Å². The number of β-lactam (4-membered cyclic amide) rings is 1. The van der Waals surface area contributed by atoms with Crippen molar-refractivity contribution in [1.82, 2.24) is 19.7 Å². The van der Waals surface area contributed by atoms with Crippen molar-refractivity contribution in [2.75, 3.05) is 11.5 Å². The van der Waals surface area contributed by atoms with E-state index in [1.165, 1.54) is 23.5 Å². The topological polar surface area (TPSA) is 154 Å². The van der Waals surface area contributed by atoms with Crippen molar-refractivity contribution in [3.8, 4) is 0 Å². The Kier molecular flexibility index (Phi) is 6.22. The van der Waals surface area contributed by atoms with Gasteiger partial charge >= 0.3 is 40.7 Å². The fraction of sp³-hybridized carbons (Fsp3) is 0.417. The quantitative estimate of drug-likeness (QED) is 0.220. The molecule has 10 nitrogen and oxygen atoms in total. The number of aromatic nitrogens is 3. The molecule has 13 heteroatoms. The summed E-state index contributed by atoms with van der Waals surface area (Å²) in [6.07, 6.45) is 0. The Balaban J connectivity index is 0.00000225. The normalized spacial score (nSPS) is 22.2. The number of H-pyrrole nitrogens is 1. The first-order chi connectivity index (χ1) is 11.3. The van der Waals surface area contributed by atoms with Gasteiger partial charge in [0.25, 0.3) is 0 Å². The predicted octanol–water partition coefficient (Wildman–Crippen LogP) is -6.19. The molecule has 1 aromatic heterocycles. The Hall–Kier alpha value is -1.05. The van der Waals surface area contributed by atoms with E-state index in [-0.39, 0.29) is 46.2 Å². The van der Waals surface area contributed by atoms with Gasteiger partial charge in [0.05, 0.1) is 11.7 Å². The molecule has 0 bridgehead atoms. The van der Waals surface area contributed by atoms with Crippen molar-refractivity contribution in [3.63, 3.8) is 0 Å². The number of nitrogens with zero attached hydrogens (tertiary/aromatic N) is 3. The van der Waals surface area contributed by atoms with E-state index in [9.17, 15) is 24.3 Å². The summed E-state index contributed by atoms with van der Waals surface area (Å²) in [5.74, 6) is -1.35. The average Bonchev–Trinajstić information content (AvgIpc) is 2.55. The molecule has 1 unspecified atom stereocenters. The predicted molar refractivity (Wildman–Crippen MR) is 83.9 cm³/mol. The summed E-state index contributed by atoms with van der Waals surface area (Å²) in [6, 6.07) is -0.708. The van der Waals surface area contributed by atoms with Gasteiger partial charge in [-0.1, -0.05) is 11.8 Å². The minimum absolute atomic E-state index is 0. The maximum Gasteiger partial charge on any atom is 1.00 e. The first-order valence-electron chi connectivity index (χ1n) is 6.75. The molecule has 1 amide bonds. The number of aromatic amines is 1. The van der Waals surface area contributed by atoms with Gasteiger partial charge in [-0.3, -0.25) is 29.1 Å². The van der Waals surface area contributed by atoms with Gasteiger partial charge in [-0.25, -0.2) is 0 Å². The Morgan fingerprint density at radius 2 is 2.16 bits per heavy atom. The zero-order valence-electron chi connectivity index (χ0n) is 13.3. The molecule has 0 saturated carbocycles. The summed E-state index contributed by atoms with van der Waals surface area (Å²) in [5.41, 5.74) is 4.20. The third kappa shape index (κ3) is 3.59. The number of aryl methyl sites for hydroxylation is 1. The van der Waals surface area contributed by atoms with Gasteiger partial charge in [0.2, 0.25) is 5.91 Å². The number of fused-ring (bicyclic) bond motifs is 1.